The van der Waals surface area contributed by atoms with Crippen LogP contribution in [0.15, 0.2) is 58.4 Å². The zero-order chi connectivity index (χ0) is 18.7. The van der Waals surface area contributed by atoms with Crippen LogP contribution >= 0.6 is 0 Å². The molecule has 0 bridgehead atoms. The molecule has 10 nitrogen and oxygen atoms in total. The third-order valence-electron chi connectivity index (χ3n) is 4.18. The number of anilines is 3. The van der Waals surface area contributed by atoms with Gasteiger partial charge in [-0.25, -0.2) is 13.4 Å². The SMILES string of the molecule is O=S(=O)(c1cnoc1)N1CCN(c2ccc(Nc3ccccn3)nn2)CC1. The van der Waals surface area contributed by atoms with E-state index >= 15 is 0 Å². The second kappa shape index (κ2) is 7.29. The van der Waals surface area contributed by atoms with Crippen molar-refractivity contribution in [2.75, 3.05) is 36.4 Å². The maximum Gasteiger partial charge on any atom is 0.248 e. The first-order valence-electron chi connectivity index (χ1n) is 8.29. The molecule has 0 atom stereocenters. The van der Waals surface area contributed by atoms with E-state index in [-0.39, 0.29) is 4.90 Å². The molecule has 11 heteroatoms. The largest absolute Gasteiger partial charge is 0.363 e. The molecule has 1 aliphatic rings. The molecule has 0 saturated carbocycles. The maximum absolute atomic E-state index is 12.5. The average molecular weight is 387 g/mol. The molecule has 4 rings (SSSR count). The van der Waals surface area contributed by atoms with Crippen LogP contribution in [0.25, 0.3) is 0 Å². The fraction of sp³-hybridized carbons (Fsp3) is 0.250. The molecule has 0 unspecified atom stereocenters. The van der Waals surface area contributed by atoms with Gasteiger partial charge in [-0.05, 0) is 24.3 Å². The lowest BCUT2D eigenvalue weighted by atomic mass is 10.3. The number of aromatic nitrogens is 4. The van der Waals surface area contributed by atoms with Gasteiger partial charge in [-0.1, -0.05) is 11.2 Å². The molecule has 0 spiro atoms. The van der Waals surface area contributed by atoms with Gasteiger partial charge in [0, 0.05) is 32.4 Å². The van der Waals surface area contributed by atoms with Crippen LogP contribution in [0.4, 0.5) is 17.5 Å². The third kappa shape index (κ3) is 3.73. The monoisotopic (exact) mass is 387 g/mol. The molecule has 0 aromatic carbocycles. The lowest BCUT2D eigenvalue weighted by Crippen LogP contribution is -2.48. The highest BCUT2D eigenvalue weighted by atomic mass is 32.2. The van der Waals surface area contributed by atoms with E-state index in [2.05, 4.69) is 30.2 Å². The third-order valence-corrected chi connectivity index (χ3v) is 6.02. The summed E-state index contributed by atoms with van der Waals surface area (Å²) in [5.74, 6) is 1.97. The van der Waals surface area contributed by atoms with Gasteiger partial charge < -0.3 is 14.7 Å². The molecule has 1 N–H and O–H groups in total. The van der Waals surface area contributed by atoms with Crippen LogP contribution in [0.3, 0.4) is 0 Å². The van der Waals surface area contributed by atoms with Gasteiger partial charge in [0.05, 0.1) is 6.20 Å². The standard InChI is InChI=1S/C16H17N7O3S/c24-27(25,13-11-18-26-12-13)23-9-7-22(8-10-23)16-5-4-15(20-21-16)19-14-3-1-2-6-17-14/h1-6,11-12H,7-10H2,(H,17,19,20). The summed E-state index contributed by atoms with van der Waals surface area (Å²) in [7, 11) is -3.57. The van der Waals surface area contributed by atoms with Crippen LogP contribution in [0.5, 0.6) is 0 Å². The molecular weight excluding hydrogens is 370 g/mol. The molecule has 1 aliphatic heterocycles. The number of pyridine rings is 1. The van der Waals surface area contributed by atoms with Gasteiger partial charge in [0.2, 0.25) is 10.0 Å². The number of rotatable bonds is 5. The van der Waals surface area contributed by atoms with E-state index in [4.69, 9.17) is 0 Å². The van der Waals surface area contributed by atoms with Gasteiger partial charge in [-0.2, -0.15) is 4.31 Å². The molecule has 0 amide bonds. The van der Waals surface area contributed by atoms with E-state index in [9.17, 15) is 8.42 Å². The molecule has 4 heterocycles. The second-order valence-corrected chi connectivity index (χ2v) is 7.81. The number of nitrogens with zero attached hydrogens (tertiary/aromatic N) is 6. The number of nitrogens with one attached hydrogen (secondary N) is 1. The van der Waals surface area contributed by atoms with Crippen molar-refractivity contribution in [1.29, 1.82) is 0 Å². The highest BCUT2D eigenvalue weighted by molar-refractivity contribution is 7.89. The van der Waals surface area contributed by atoms with Crippen molar-refractivity contribution < 1.29 is 12.9 Å². The summed E-state index contributed by atoms with van der Waals surface area (Å²) in [6.07, 6.45) is 4.04. The van der Waals surface area contributed by atoms with Gasteiger partial charge in [-0.15, -0.1) is 10.2 Å². The van der Waals surface area contributed by atoms with E-state index in [1.807, 2.05) is 35.2 Å². The normalized spacial score (nSPS) is 15.6. The van der Waals surface area contributed by atoms with Crippen molar-refractivity contribution in [3.63, 3.8) is 0 Å². The van der Waals surface area contributed by atoms with E-state index < -0.39 is 10.0 Å². The summed E-state index contributed by atoms with van der Waals surface area (Å²) >= 11 is 0. The fourth-order valence-corrected chi connectivity index (χ4v) is 4.04. The Balaban J connectivity index is 1.38. The maximum atomic E-state index is 12.5. The quantitative estimate of drug-likeness (QED) is 0.687. The molecule has 0 radical (unpaired) electrons. The summed E-state index contributed by atoms with van der Waals surface area (Å²) in [5, 5.41) is 14.9. The van der Waals surface area contributed by atoms with Crippen molar-refractivity contribution in [1.82, 2.24) is 24.6 Å². The molecule has 1 saturated heterocycles. The molecule has 1 fully saturated rings. The summed E-state index contributed by atoms with van der Waals surface area (Å²) in [6, 6.07) is 9.22. The first-order valence-corrected chi connectivity index (χ1v) is 9.73. The number of hydrogen-bond acceptors (Lipinski definition) is 9. The van der Waals surface area contributed by atoms with Gasteiger partial charge in [0.15, 0.2) is 11.6 Å². The van der Waals surface area contributed by atoms with Crippen LogP contribution in [0, 0.1) is 0 Å². The zero-order valence-corrected chi connectivity index (χ0v) is 15.1. The Kier molecular flexibility index (Phi) is 4.69. The Bertz CT molecular complexity index is 971. The predicted molar refractivity (Wildman–Crippen MR) is 97.0 cm³/mol. The number of hydrogen-bond donors (Lipinski definition) is 1. The zero-order valence-electron chi connectivity index (χ0n) is 14.3. The van der Waals surface area contributed by atoms with Gasteiger partial charge in [0.25, 0.3) is 0 Å². The average Bonchev–Trinajstić information content (AvgIpc) is 3.25. The van der Waals surface area contributed by atoms with Gasteiger partial charge >= 0.3 is 0 Å². The number of sulfonamides is 1. The van der Waals surface area contributed by atoms with Crippen LogP contribution in [-0.4, -0.2) is 59.2 Å². The fourth-order valence-electron chi connectivity index (χ4n) is 2.76. The summed E-state index contributed by atoms with van der Waals surface area (Å²) in [6.45, 7) is 1.74. The van der Waals surface area contributed by atoms with Crippen LogP contribution in [-0.2, 0) is 10.0 Å². The van der Waals surface area contributed by atoms with Crippen molar-refractivity contribution in [3.8, 4) is 0 Å². The molecule has 140 valence electrons. The summed E-state index contributed by atoms with van der Waals surface area (Å²) in [4.78, 5) is 6.24. The lowest BCUT2D eigenvalue weighted by molar-refractivity contribution is 0.382. The summed E-state index contributed by atoms with van der Waals surface area (Å²) in [5.41, 5.74) is 0. The first kappa shape index (κ1) is 17.4. The molecule has 3 aromatic heterocycles. The smallest absolute Gasteiger partial charge is 0.248 e. The minimum absolute atomic E-state index is 0.0701. The van der Waals surface area contributed by atoms with E-state index in [1.165, 1.54) is 10.5 Å². The highest BCUT2D eigenvalue weighted by Crippen LogP contribution is 2.20. The molecular formula is C16H17N7O3S. The van der Waals surface area contributed by atoms with E-state index in [0.717, 1.165) is 6.26 Å². The Hall–Kier alpha value is -3.05. The van der Waals surface area contributed by atoms with E-state index in [1.54, 1.807) is 6.20 Å². The van der Waals surface area contributed by atoms with Crippen molar-refractivity contribution in [2.24, 2.45) is 0 Å². The van der Waals surface area contributed by atoms with Crippen molar-refractivity contribution in [2.45, 2.75) is 4.90 Å². The van der Waals surface area contributed by atoms with Crippen molar-refractivity contribution >= 4 is 27.5 Å². The van der Waals surface area contributed by atoms with Crippen LogP contribution in [0.2, 0.25) is 0 Å². The predicted octanol–water partition coefficient (Wildman–Crippen LogP) is 1.11. The lowest BCUT2D eigenvalue weighted by Gasteiger charge is -2.34. The van der Waals surface area contributed by atoms with Crippen LogP contribution in [0.1, 0.15) is 0 Å². The first-order chi connectivity index (χ1) is 13.1. The van der Waals surface area contributed by atoms with Gasteiger partial charge in [-0.3, -0.25) is 0 Å². The Labute approximate surface area is 155 Å². The summed E-state index contributed by atoms with van der Waals surface area (Å²) < 4.78 is 31.0. The van der Waals surface area contributed by atoms with Crippen molar-refractivity contribution in [3.05, 3.63) is 49.0 Å². The Morgan fingerprint density at radius 2 is 1.85 bits per heavy atom. The van der Waals surface area contributed by atoms with Gasteiger partial charge in [0.1, 0.15) is 17.0 Å². The minimum atomic E-state index is -3.57. The topological polar surface area (TPSA) is 117 Å². The second-order valence-electron chi connectivity index (χ2n) is 5.87. The molecule has 3 aromatic rings. The highest BCUT2D eigenvalue weighted by Gasteiger charge is 2.30. The van der Waals surface area contributed by atoms with E-state index in [0.29, 0.717) is 43.6 Å². The van der Waals surface area contributed by atoms with Crippen LogP contribution < -0.4 is 10.2 Å². The number of piperazine rings is 1. The Morgan fingerprint density at radius 3 is 2.48 bits per heavy atom. The Morgan fingerprint density at radius 1 is 1.00 bits per heavy atom. The minimum Gasteiger partial charge on any atom is -0.363 e. The molecule has 0 aliphatic carbocycles. The molecule has 27 heavy (non-hydrogen) atoms.